The number of fused-ring (bicyclic) bond motifs is 2. The number of aliphatic hydroxyl groups is 1. The number of rotatable bonds is 1. The molecule has 1 aromatic carbocycles. The molecule has 6 nitrogen and oxygen atoms in total. The van der Waals surface area contributed by atoms with E-state index in [9.17, 15) is 9.90 Å². The van der Waals surface area contributed by atoms with Gasteiger partial charge in [0.25, 0.3) is 0 Å². The van der Waals surface area contributed by atoms with Crippen molar-refractivity contribution in [2.75, 3.05) is 0 Å². The SMILES string of the molecule is Cc1cc(Cl)nc2cc3c(cc12)OC(C)(C)C(O)C3OC(N)=O. The van der Waals surface area contributed by atoms with Crippen LogP contribution >= 0.6 is 11.6 Å². The standard InChI is InChI=1S/C16H17ClN2O4/c1-7-4-12(17)19-10-5-9-11(6-8(7)10)23-16(2,3)14(20)13(9)22-15(18)21/h4-6,13-14,20H,1-3H3,(H2,18,21). The van der Waals surface area contributed by atoms with Crippen LogP contribution in [0.4, 0.5) is 4.79 Å². The summed E-state index contributed by atoms with van der Waals surface area (Å²) in [7, 11) is 0. The van der Waals surface area contributed by atoms with Crippen molar-refractivity contribution in [3.8, 4) is 5.75 Å². The average Bonchev–Trinajstić information content (AvgIpc) is 2.42. The van der Waals surface area contributed by atoms with E-state index in [4.69, 9.17) is 26.8 Å². The van der Waals surface area contributed by atoms with E-state index in [-0.39, 0.29) is 0 Å². The predicted octanol–water partition coefficient (Wildman–Crippen LogP) is 2.86. The Labute approximate surface area is 138 Å². The lowest BCUT2D eigenvalue weighted by atomic mass is 9.87. The second kappa shape index (κ2) is 5.25. The van der Waals surface area contributed by atoms with Crippen LogP contribution < -0.4 is 10.5 Å². The lowest BCUT2D eigenvalue weighted by Gasteiger charge is -2.41. The Hall–Kier alpha value is -2.05. The number of hydrogen-bond donors (Lipinski definition) is 2. The fourth-order valence-electron chi connectivity index (χ4n) is 2.84. The van der Waals surface area contributed by atoms with Crippen LogP contribution in [0.15, 0.2) is 18.2 Å². The molecule has 1 aromatic heterocycles. The molecular weight excluding hydrogens is 320 g/mol. The molecule has 0 fully saturated rings. The zero-order chi connectivity index (χ0) is 16.9. The molecular formula is C16H17ClN2O4. The minimum absolute atomic E-state index is 0.361. The number of aryl methyl sites for hydroxylation is 1. The number of benzene rings is 1. The molecule has 2 atom stereocenters. The average molecular weight is 337 g/mol. The summed E-state index contributed by atoms with van der Waals surface area (Å²) in [4.78, 5) is 15.5. The molecule has 122 valence electrons. The second-order valence-corrected chi connectivity index (χ2v) is 6.56. The van der Waals surface area contributed by atoms with E-state index < -0.39 is 23.9 Å². The van der Waals surface area contributed by atoms with Gasteiger partial charge in [-0.25, -0.2) is 9.78 Å². The molecule has 0 spiro atoms. The molecule has 0 saturated heterocycles. The minimum atomic E-state index is -1.07. The van der Waals surface area contributed by atoms with E-state index in [0.29, 0.717) is 22.0 Å². The van der Waals surface area contributed by atoms with Gasteiger partial charge in [-0.15, -0.1) is 0 Å². The molecule has 2 aromatic rings. The maximum absolute atomic E-state index is 11.2. The topological polar surface area (TPSA) is 94.7 Å². The minimum Gasteiger partial charge on any atom is -0.485 e. The Bertz CT molecular complexity index is 806. The van der Waals surface area contributed by atoms with Gasteiger partial charge in [-0.1, -0.05) is 11.6 Å². The molecule has 0 saturated carbocycles. The maximum atomic E-state index is 11.2. The Morgan fingerprint density at radius 3 is 2.78 bits per heavy atom. The van der Waals surface area contributed by atoms with Gasteiger partial charge in [0, 0.05) is 10.9 Å². The highest BCUT2D eigenvalue weighted by atomic mass is 35.5. The summed E-state index contributed by atoms with van der Waals surface area (Å²) >= 11 is 6.00. The lowest BCUT2D eigenvalue weighted by Crippen LogP contribution is -2.50. The van der Waals surface area contributed by atoms with E-state index in [1.54, 1.807) is 26.0 Å². The number of carbonyl (C=O) groups is 1. The highest BCUT2D eigenvalue weighted by Gasteiger charge is 2.45. The van der Waals surface area contributed by atoms with Gasteiger partial charge < -0.3 is 20.3 Å². The van der Waals surface area contributed by atoms with Crippen LogP contribution in [0.3, 0.4) is 0 Å². The van der Waals surface area contributed by atoms with Crippen LogP contribution in [-0.2, 0) is 4.74 Å². The smallest absolute Gasteiger partial charge is 0.405 e. The van der Waals surface area contributed by atoms with Crippen molar-refractivity contribution in [2.45, 2.75) is 38.6 Å². The van der Waals surface area contributed by atoms with Gasteiger partial charge in [0.1, 0.15) is 22.6 Å². The third-order valence-corrected chi connectivity index (χ3v) is 4.23. The fraction of sp³-hybridized carbons (Fsp3) is 0.375. The summed E-state index contributed by atoms with van der Waals surface area (Å²) in [6.45, 7) is 5.35. The van der Waals surface area contributed by atoms with Crippen LogP contribution in [-0.4, -0.2) is 27.9 Å². The lowest BCUT2D eigenvalue weighted by molar-refractivity contribution is -0.112. The number of hydrogen-bond acceptors (Lipinski definition) is 5. The molecule has 0 bridgehead atoms. The van der Waals surface area contributed by atoms with Gasteiger partial charge in [-0.3, -0.25) is 0 Å². The Morgan fingerprint density at radius 1 is 1.43 bits per heavy atom. The number of aliphatic hydroxyl groups excluding tert-OH is 1. The monoisotopic (exact) mass is 336 g/mol. The fourth-order valence-corrected chi connectivity index (χ4v) is 3.09. The first-order valence-electron chi connectivity index (χ1n) is 7.13. The molecule has 1 amide bonds. The third-order valence-electron chi connectivity index (χ3n) is 4.04. The van der Waals surface area contributed by atoms with Crippen molar-refractivity contribution in [1.82, 2.24) is 4.98 Å². The quantitative estimate of drug-likeness (QED) is 0.781. The van der Waals surface area contributed by atoms with Crippen molar-refractivity contribution >= 4 is 28.6 Å². The number of primary amides is 1. The van der Waals surface area contributed by atoms with Crippen LogP contribution in [0.25, 0.3) is 10.9 Å². The molecule has 23 heavy (non-hydrogen) atoms. The van der Waals surface area contributed by atoms with E-state index in [0.717, 1.165) is 10.9 Å². The highest BCUT2D eigenvalue weighted by molar-refractivity contribution is 6.29. The summed E-state index contributed by atoms with van der Waals surface area (Å²) in [5.74, 6) is 0.520. The maximum Gasteiger partial charge on any atom is 0.405 e. The van der Waals surface area contributed by atoms with Gasteiger partial charge in [-0.2, -0.15) is 0 Å². The van der Waals surface area contributed by atoms with Crippen molar-refractivity contribution in [1.29, 1.82) is 0 Å². The normalized spacial score (nSPS) is 22.3. The van der Waals surface area contributed by atoms with Gasteiger partial charge in [0.05, 0.1) is 5.52 Å². The highest BCUT2D eigenvalue weighted by Crippen LogP contribution is 2.43. The summed E-state index contributed by atoms with van der Waals surface area (Å²) in [5, 5.41) is 11.7. The number of pyridine rings is 1. The van der Waals surface area contributed by atoms with Gasteiger partial charge in [0.15, 0.2) is 6.10 Å². The molecule has 0 aliphatic carbocycles. The van der Waals surface area contributed by atoms with Crippen LogP contribution in [0, 0.1) is 6.92 Å². The van der Waals surface area contributed by atoms with Crippen molar-refractivity contribution < 1.29 is 19.4 Å². The van der Waals surface area contributed by atoms with Gasteiger partial charge in [0.2, 0.25) is 0 Å². The number of amides is 1. The third kappa shape index (κ3) is 2.68. The number of nitrogens with two attached hydrogens (primary N) is 1. The van der Waals surface area contributed by atoms with E-state index in [1.807, 2.05) is 13.0 Å². The number of halogens is 1. The number of aromatic nitrogens is 1. The molecule has 3 N–H and O–H groups in total. The van der Waals surface area contributed by atoms with Crippen molar-refractivity contribution in [3.05, 3.63) is 34.5 Å². The zero-order valence-corrected chi connectivity index (χ0v) is 13.7. The van der Waals surface area contributed by atoms with E-state index in [2.05, 4.69) is 4.98 Å². The molecule has 1 aliphatic rings. The summed E-state index contributed by atoms with van der Waals surface area (Å²) in [5.41, 5.74) is 6.29. The number of nitrogens with zero attached hydrogens (tertiary/aromatic N) is 1. The molecule has 0 radical (unpaired) electrons. The molecule has 7 heteroatoms. The van der Waals surface area contributed by atoms with Crippen LogP contribution in [0.5, 0.6) is 5.75 Å². The molecule has 3 rings (SSSR count). The Kier molecular flexibility index (Phi) is 3.61. The van der Waals surface area contributed by atoms with Crippen LogP contribution in [0.2, 0.25) is 5.15 Å². The number of carbonyl (C=O) groups excluding carboxylic acids is 1. The first-order chi connectivity index (χ1) is 10.7. The summed E-state index contributed by atoms with van der Waals surface area (Å²) < 4.78 is 11.0. The van der Waals surface area contributed by atoms with Gasteiger partial charge in [-0.05, 0) is 44.5 Å². The Morgan fingerprint density at radius 2 is 2.13 bits per heavy atom. The largest absolute Gasteiger partial charge is 0.485 e. The first-order valence-corrected chi connectivity index (χ1v) is 7.51. The van der Waals surface area contributed by atoms with E-state index >= 15 is 0 Å². The predicted molar refractivity (Wildman–Crippen MR) is 85.6 cm³/mol. The van der Waals surface area contributed by atoms with Crippen LogP contribution in [0.1, 0.15) is 31.1 Å². The van der Waals surface area contributed by atoms with Crippen molar-refractivity contribution in [3.63, 3.8) is 0 Å². The molecule has 2 unspecified atom stereocenters. The molecule has 1 aliphatic heterocycles. The summed E-state index contributed by atoms with van der Waals surface area (Å²) in [6.07, 6.45) is -2.97. The summed E-state index contributed by atoms with van der Waals surface area (Å²) in [6, 6.07) is 5.28. The first kappa shape index (κ1) is 15.8. The second-order valence-electron chi connectivity index (χ2n) is 6.18. The van der Waals surface area contributed by atoms with Crippen molar-refractivity contribution in [2.24, 2.45) is 5.73 Å². The number of ether oxygens (including phenoxy) is 2. The Balaban J connectivity index is 2.24. The van der Waals surface area contributed by atoms with Gasteiger partial charge >= 0.3 is 6.09 Å². The zero-order valence-electron chi connectivity index (χ0n) is 13.0. The molecule has 2 heterocycles. The van der Waals surface area contributed by atoms with E-state index in [1.165, 1.54) is 0 Å².